The number of benzene rings is 1. The third-order valence-corrected chi connectivity index (χ3v) is 10.2. The van der Waals surface area contributed by atoms with Crippen molar-refractivity contribution in [3.05, 3.63) is 36.0 Å². The van der Waals surface area contributed by atoms with E-state index in [0.29, 0.717) is 37.1 Å². The quantitative estimate of drug-likeness (QED) is 0.456. The lowest BCUT2D eigenvalue weighted by Gasteiger charge is -2.46. The van der Waals surface area contributed by atoms with Crippen LogP contribution in [0, 0.1) is 11.8 Å². The van der Waals surface area contributed by atoms with Crippen LogP contribution in [0.2, 0.25) is 0 Å². The highest BCUT2D eigenvalue weighted by molar-refractivity contribution is 7.91. The Balaban J connectivity index is 1.22. The van der Waals surface area contributed by atoms with Crippen LogP contribution in [0.1, 0.15) is 26.7 Å². The van der Waals surface area contributed by atoms with E-state index in [9.17, 15) is 13.2 Å². The van der Waals surface area contributed by atoms with Gasteiger partial charge in [-0.1, -0.05) is 19.1 Å². The molecule has 1 amide bonds. The number of ether oxygens (including phenoxy) is 3. The first kappa shape index (κ1) is 24.6. The molecule has 1 saturated carbocycles. The zero-order chi connectivity index (χ0) is 25.8. The summed E-state index contributed by atoms with van der Waals surface area (Å²) in [4.78, 5) is 23.8. The first-order chi connectivity index (χ1) is 17.8. The summed E-state index contributed by atoms with van der Waals surface area (Å²) in [7, 11) is -3.26. The van der Waals surface area contributed by atoms with Gasteiger partial charge in [0.05, 0.1) is 29.4 Å². The Morgan fingerprint density at radius 1 is 1.16 bits per heavy atom. The van der Waals surface area contributed by atoms with Crippen LogP contribution in [0.15, 0.2) is 40.9 Å². The summed E-state index contributed by atoms with van der Waals surface area (Å²) in [5.41, 5.74) is 2.25. The Bertz CT molecular complexity index is 1420. The van der Waals surface area contributed by atoms with Crippen molar-refractivity contribution in [2.75, 3.05) is 32.1 Å². The topological polar surface area (TPSA) is 108 Å². The van der Waals surface area contributed by atoms with Crippen LogP contribution in [0.25, 0.3) is 21.3 Å². The van der Waals surface area contributed by atoms with Crippen molar-refractivity contribution < 1.29 is 27.4 Å². The van der Waals surface area contributed by atoms with E-state index in [4.69, 9.17) is 14.2 Å². The number of likely N-dealkylation sites (tertiary alicyclic amines) is 1. The Hall–Kier alpha value is -2.76. The third-order valence-electron chi connectivity index (χ3n) is 7.52. The van der Waals surface area contributed by atoms with E-state index in [2.05, 4.69) is 9.97 Å². The maximum absolute atomic E-state index is 12.7. The van der Waals surface area contributed by atoms with Gasteiger partial charge in [-0.25, -0.2) is 23.2 Å². The van der Waals surface area contributed by atoms with E-state index < -0.39 is 9.84 Å². The molecule has 2 unspecified atom stereocenters. The largest absolute Gasteiger partial charge is 0.472 e. The van der Waals surface area contributed by atoms with Gasteiger partial charge in [-0.15, -0.1) is 11.3 Å². The summed E-state index contributed by atoms with van der Waals surface area (Å²) in [6.45, 7) is 5.68. The monoisotopic (exact) mass is 543 g/mol. The molecule has 0 spiro atoms. The molecule has 3 fully saturated rings. The number of hydrogen-bond acceptors (Lipinski definition) is 9. The fraction of sp³-hybridized carbons (Fsp3) is 0.500. The van der Waals surface area contributed by atoms with Gasteiger partial charge in [0.15, 0.2) is 9.84 Å². The summed E-state index contributed by atoms with van der Waals surface area (Å²) in [5.74, 6) is 0.623. The van der Waals surface area contributed by atoms with Gasteiger partial charge in [-0.2, -0.15) is 0 Å². The van der Waals surface area contributed by atoms with Crippen LogP contribution in [0.5, 0.6) is 5.88 Å². The van der Waals surface area contributed by atoms with Crippen LogP contribution < -0.4 is 4.74 Å². The van der Waals surface area contributed by atoms with Gasteiger partial charge in [0.2, 0.25) is 5.88 Å². The molecule has 11 heteroatoms. The zero-order valence-corrected chi connectivity index (χ0v) is 22.4. The first-order valence-electron chi connectivity index (χ1n) is 12.5. The van der Waals surface area contributed by atoms with Crippen molar-refractivity contribution in [2.24, 2.45) is 11.8 Å². The van der Waals surface area contributed by atoms with Gasteiger partial charge >= 0.3 is 6.09 Å². The molecule has 2 atom stereocenters. The molecule has 2 bridgehead atoms. The van der Waals surface area contributed by atoms with Gasteiger partial charge in [0, 0.05) is 35.9 Å². The molecule has 3 aliphatic rings. The second-order valence-corrected chi connectivity index (χ2v) is 13.5. The van der Waals surface area contributed by atoms with E-state index in [1.807, 2.05) is 24.4 Å². The van der Waals surface area contributed by atoms with Crippen LogP contribution in [0.3, 0.4) is 0 Å². The molecule has 3 aromatic rings. The lowest BCUT2D eigenvalue weighted by atomic mass is 9.84. The van der Waals surface area contributed by atoms with Crippen molar-refractivity contribution in [1.29, 1.82) is 0 Å². The van der Waals surface area contributed by atoms with Crippen molar-refractivity contribution in [3.63, 3.8) is 0 Å². The maximum Gasteiger partial charge on any atom is 0.410 e. The summed E-state index contributed by atoms with van der Waals surface area (Å²) in [6.07, 6.45) is 2.96. The Kier molecular flexibility index (Phi) is 6.12. The molecule has 37 heavy (non-hydrogen) atoms. The highest BCUT2D eigenvalue weighted by Gasteiger charge is 2.47. The molecule has 9 nitrogen and oxygen atoms in total. The first-order valence-corrected chi connectivity index (χ1v) is 15.1. The molecule has 0 radical (unpaired) electrons. The Morgan fingerprint density at radius 2 is 1.86 bits per heavy atom. The Morgan fingerprint density at radius 3 is 2.51 bits per heavy atom. The molecule has 2 saturated heterocycles. The van der Waals surface area contributed by atoms with Gasteiger partial charge in [0.1, 0.15) is 22.7 Å². The maximum atomic E-state index is 12.7. The van der Waals surface area contributed by atoms with Crippen molar-refractivity contribution in [1.82, 2.24) is 14.9 Å². The third kappa shape index (κ3) is 4.68. The standard InChI is InChI=1S/C26H29N3O6S2/c1-3-37(31,32)19-6-4-16(5-7-19)20-14-36-23-21(20)27-15-28-24(23)34-22-17-10-29(11-18(22)13-33-12-17)25(30)35-26(2)8-9-26/h4-7,14-15,17-18,22H,3,8-13H2,1-2H3. The average Bonchev–Trinajstić information content (AvgIpc) is 3.44. The highest BCUT2D eigenvalue weighted by atomic mass is 32.2. The molecule has 2 aromatic heterocycles. The van der Waals surface area contributed by atoms with Crippen molar-refractivity contribution in [2.45, 2.75) is 43.3 Å². The number of amides is 1. The Labute approximate surface area is 219 Å². The van der Waals surface area contributed by atoms with Gasteiger partial charge in [-0.3, -0.25) is 0 Å². The number of fused-ring (bicyclic) bond motifs is 3. The summed E-state index contributed by atoms with van der Waals surface area (Å²) >= 11 is 1.50. The van der Waals surface area contributed by atoms with E-state index >= 15 is 0 Å². The highest BCUT2D eigenvalue weighted by Crippen LogP contribution is 2.41. The van der Waals surface area contributed by atoms with E-state index in [-0.39, 0.29) is 35.4 Å². The SMILES string of the molecule is CCS(=O)(=O)c1ccc(-c2csc3c(OC4C5COCC4CN(C(=O)OC4(C)CC4)C5)ncnc23)cc1. The zero-order valence-electron chi connectivity index (χ0n) is 20.8. The number of nitrogens with zero attached hydrogens (tertiary/aromatic N) is 3. The minimum absolute atomic E-state index is 0.0181. The fourth-order valence-corrected chi connectivity index (χ4v) is 6.89. The molecule has 6 rings (SSSR count). The lowest BCUT2D eigenvalue weighted by Crippen LogP contribution is -2.59. The minimum Gasteiger partial charge on any atom is -0.472 e. The van der Waals surface area contributed by atoms with Gasteiger partial charge < -0.3 is 19.1 Å². The summed E-state index contributed by atoms with van der Waals surface area (Å²) < 4.78 is 43.2. The number of carbonyl (C=O) groups excluding carboxylic acids is 1. The van der Waals surface area contributed by atoms with Crippen LogP contribution in [0.4, 0.5) is 4.79 Å². The predicted octanol–water partition coefficient (Wildman–Crippen LogP) is 4.17. The number of carbonyl (C=O) groups is 1. The van der Waals surface area contributed by atoms with E-state index in [0.717, 1.165) is 34.2 Å². The fourth-order valence-electron chi connectivity index (χ4n) is 5.05. The second-order valence-electron chi connectivity index (χ2n) is 10.3. The average molecular weight is 544 g/mol. The molecule has 1 aliphatic carbocycles. The molecule has 1 aromatic carbocycles. The van der Waals surface area contributed by atoms with Gasteiger partial charge in [0.25, 0.3) is 0 Å². The predicted molar refractivity (Wildman–Crippen MR) is 138 cm³/mol. The molecule has 196 valence electrons. The van der Waals surface area contributed by atoms with Crippen LogP contribution in [-0.4, -0.2) is 73.1 Å². The molecule has 0 N–H and O–H groups in total. The number of hydrogen-bond donors (Lipinski definition) is 0. The summed E-state index contributed by atoms with van der Waals surface area (Å²) in [5, 5.41) is 2.00. The lowest BCUT2D eigenvalue weighted by molar-refractivity contribution is -0.111. The van der Waals surface area contributed by atoms with Crippen LogP contribution >= 0.6 is 11.3 Å². The number of aromatic nitrogens is 2. The second kappa shape index (κ2) is 9.21. The normalized spacial score (nSPS) is 24.6. The number of thiophene rings is 1. The van der Waals surface area contributed by atoms with E-state index in [1.165, 1.54) is 17.7 Å². The number of piperidine rings is 1. The molecular weight excluding hydrogens is 514 g/mol. The minimum atomic E-state index is -3.26. The molecular formula is C26H29N3O6S2. The molecule has 2 aliphatic heterocycles. The smallest absolute Gasteiger partial charge is 0.410 e. The molecule has 4 heterocycles. The number of sulfone groups is 1. The van der Waals surface area contributed by atoms with Crippen molar-refractivity contribution in [3.8, 4) is 17.0 Å². The van der Waals surface area contributed by atoms with E-state index in [1.54, 1.807) is 24.0 Å². The van der Waals surface area contributed by atoms with Gasteiger partial charge in [-0.05, 0) is 37.5 Å². The number of rotatable bonds is 6. The summed E-state index contributed by atoms with van der Waals surface area (Å²) in [6, 6.07) is 6.90. The van der Waals surface area contributed by atoms with Crippen LogP contribution in [-0.2, 0) is 19.3 Å². The van der Waals surface area contributed by atoms with Crippen molar-refractivity contribution >= 4 is 37.5 Å².